The maximum Gasteiger partial charge on any atom is 0.416 e. The van der Waals surface area contributed by atoms with Crippen LogP contribution < -0.4 is 10.0 Å². The lowest BCUT2D eigenvalue weighted by molar-refractivity contribution is -0.137. The Morgan fingerprint density at radius 3 is 2.48 bits per heavy atom. The van der Waals surface area contributed by atoms with Crippen molar-refractivity contribution >= 4 is 27.6 Å². The van der Waals surface area contributed by atoms with Gasteiger partial charge in [0.1, 0.15) is 0 Å². The molecular weight excluding hydrogens is 437 g/mol. The number of terminal acetylenes is 1. The Balaban J connectivity index is 2.08. The summed E-state index contributed by atoms with van der Waals surface area (Å²) in [5, 5.41) is 2.23. The maximum absolute atomic E-state index is 12.8. The number of ether oxygens (including phenoxy) is 1. The van der Waals surface area contributed by atoms with Crippen molar-refractivity contribution in [1.82, 2.24) is 4.72 Å². The van der Waals surface area contributed by atoms with Crippen molar-refractivity contribution < 1.29 is 35.9 Å². The van der Waals surface area contributed by atoms with Gasteiger partial charge in [-0.05, 0) is 43.3 Å². The summed E-state index contributed by atoms with van der Waals surface area (Å²) >= 11 is 0. The monoisotopic (exact) mass is 454 g/mol. The molecule has 2 aromatic rings. The second-order valence-electron chi connectivity index (χ2n) is 6.17. The molecule has 0 aliphatic carbocycles. The van der Waals surface area contributed by atoms with E-state index in [0.717, 1.165) is 24.3 Å². The molecule has 164 valence electrons. The molecule has 0 spiro atoms. The molecule has 11 heteroatoms. The van der Waals surface area contributed by atoms with Crippen molar-refractivity contribution in [3.63, 3.8) is 0 Å². The topological polar surface area (TPSA) is 102 Å². The predicted octanol–water partition coefficient (Wildman–Crippen LogP) is 2.80. The lowest BCUT2D eigenvalue weighted by Gasteiger charge is -2.15. The molecule has 0 aliphatic heterocycles. The Morgan fingerprint density at radius 2 is 1.84 bits per heavy atom. The van der Waals surface area contributed by atoms with Crippen LogP contribution in [0.15, 0.2) is 53.4 Å². The zero-order chi connectivity index (χ0) is 23.2. The van der Waals surface area contributed by atoms with E-state index in [2.05, 4.69) is 16.0 Å². The van der Waals surface area contributed by atoms with E-state index in [0.29, 0.717) is 0 Å². The van der Waals surface area contributed by atoms with E-state index in [1.807, 2.05) is 0 Å². The summed E-state index contributed by atoms with van der Waals surface area (Å²) in [4.78, 5) is 24.2. The highest BCUT2D eigenvalue weighted by Crippen LogP contribution is 2.30. The number of carbonyl (C=O) groups is 2. The largest absolute Gasteiger partial charge is 0.449 e. The smallest absolute Gasteiger partial charge is 0.416 e. The first-order valence-corrected chi connectivity index (χ1v) is 10.1. The van der Waals surface area contributed by atoms with Crippen LogP contribution in [0.2, 0.25) is 0 Å². The third-order valence-corrected chi connectivity index (χ3v) is 5.25. The molecule has 0 radical (unpaired) electrons. The zero-order valence-electron chi connectivity index (χ0n) is 16.1. The van der Waals surface area contributed by atoms with Gasteiger partial charge in [-0.3, -0.25) is 4.79 Å². The number of anilines is 1. The van der Waals surface area contributed by atoms with Crippen LogP contribution in [0.3, 0.4) is 0 Å². The number of carbonyl (C=O) groups excluding carboxylic acids is 2. The molecule has 0 heterocycles. The Morgan fingerprint density at radius 1 is 1.16 bits per heavy atom. The van der Waals surface area contributed by atoms with E-state index in [-0.39, 0.29) is 22.7 Å². The number of hydrogen-bond acceptors (Lipinski definition) is 5. The second-order valence-corrected chi connectivity index (χ2v) is 7.94. The molecule has 0 fully saturated rings. The van der Waals surface area contributed by atoms with Crippen molar-refractivity contribution in [2.24, 2.45) is 0 Å². The zero-order valence-corrected chi connectivity index (χ0v) is 16.9. The minimum Gasteiger partial charge on any atom is -0.449 e. The van der Waals surface area contributed by atoms with Gasteiger partial charge in [0.2, 0.25) is 10.0 Å². The first kappa shape index (κ1) is 23.9. The Hall–Kier alpha value is -3.36. The van der Waals surface area contributed by atoms with Crippen LogP contribution in [0.4, 0.5) is 18.9 Å². The normalized spacial score (nSPS) is 12.5. The first-order chi connectivity index (χ1) is 14.4. The van der Waals surface area contributed by atoms with E-state index < -0.39 is 39.7 Å². The minimum absolute atomic E-state index is 0.129. The molecule has 0 bridgehead atoms. The maximum atomic E-state index is 12.8. The number of benzene rings is 2. The van der Waals surface area contributed by atoms with Crippen LogP contribution in [0.1, 0.15) is 22.8 Å². The van der Waals surface area contributed by atoms with Crippen molar-refractivity contribution in [1.29, 1.82) is 0 Å². The highest BCUT2D eigenvalue weighted by Gasteiger charge is 2.30. The molecule has 31 heavy (non-hydrogen) atoms. The van der Waals surface area contributed by atoms with Crippen molar-refractivity contribution in [3.05, 3.63) is 59.7 Å². The molecule has 2 aromatic carbocycles. The van der Waals surface area contributed by atoms with Gasteiger partial charge in [0.05, 0.1) is 22.6 Å². The summed E-state index contributed by atoms with van der Waals surface area (Å²) in [6, 6.07) is 8.81. The van der Waals surface area contributed by atoms with Gasteiger partial charge in [-0.2, -0.15) is 17.9 Å². The van der Waals surface area contributed by atoms with Crippen molar-refractivity contribution in [3.8, 4) is 12.3 Å². The summed E-state index contributed by atoms with van der Waals surface area (Å²) in [7, 11) is -3.95. The number of esters is 1. The number of halogens is 3. The number of hydrogen-bond donors (Lipinski definition) is 2. The van der Waals surface area contributed by atoms with E-state index in [1.54, 1.807) is 0 Å². The highest BCUT2D eigenvalue weighted by molar-refractivity contribution is 7.89. The van der Waals surface area contributed by atoms with Gasteiger partial charge in [-0.25, -0.2) is 13.2 Å². The van der Waals surface area contributed by atoms with Crippen LogP contribution in [-0.2, 0) is 25.7 Å². The lowest BCUT2D eigenvalue weighted by atomic mass is 10.2. The number of alkyl halides is 3. The summed E-state index contributed by atoms with van der Waals surface area (Å²) in [6.07, 6.45) is -0.942. The van der Waals surface area contributed by atoms with Crippen LogP contribution in [0, 0.1) is 12.3 Å². The predicted molar refractivity (Wildman–Crippen MR) is 105 cm³/mol. The Labute approximate surface area is 176 Å². The number of rotatable bonds is 7. The van der Waals surface area contributed by atoms with Crippen LogP contribution >= 0.6 is 0 Å². The third kappa shape index (κ3) is 6.56. The molecule has 1 unspecified atom stereocenters. The van der Waals surface area contributed by atoms with Crippen LogP contribution in [0.25, 0.3) is 0 Å². The van der Waals surface area contributed by atoms with Gasteiger partial charge < -0.3 is 10.1 Å². The molecule has 2 N–H and O–H groups in total. The Kier molecular flexibility index (Phi) is 7.43. The van der Waals surface area contributed by atoms with Gasteiger partial charge in [0.15, 0.2) is 6.10 Å². The van der Waals surface area contributed by atoms with E-state index in [1.165, 1.54) is 31.2 Å². The molecule has 0 saturated heterocycles. The first-order valence-electron chi connectivity index (χ1n) is 8.66. The van der Waals surface area contributed by atoms with Crippen molar-refractivity contribution in [2.75, 3.05) is 11.9 Å². The van der Waals surface area contributed by atoms with Crippen LogP contribution in [-0.4, -0.2) is 32.9 Å². The molecule has 2 rings (SSSR count). The molecule has 0 saturated carbocycles. The number of amides is 1. The molecule has 0 aliphatic rings. The fraction of sp³-hybridized carbons (Fsp3) is 0.200. The van der Waals surface area contributed by atoms with Gasteiger partial charge in [-0.15, -0.1) is 6.42 Å². The van der Waals surface area contributed by atoms with E-state index >= 15 is 0 Å². The third-order valence-electron chi connectivity index (χ3n) is 3.85. The van der Waals surface area contributed by atoms with Gasteiger partial charge in [0.25, 0.3) is 5.91 Å². The van der Waals surface area contributed by atoms with Crippen molar-refractivity contribution in [2.45, 2.75) is 24.1 Å². The summed E-state index contributed by atoms with van der Waals surface area (Å²) in [5.41, 5.74) is -1.23. The van der Waals surface area contributed by atoms with E-state index in [4.69, 9.17) is 11.2 Å². The lowest BCUT2D eigenvalue weighted by Crippen LogP contribution is -2.30. The quantitative estimate of drug-likeness (QED) is 0.495. The standard InChI is InChI=1S/C20H17F3N2O5S/c1-3-10-24-31(28,29)17-9-4-6-14(11-17)19(27)30-13(2)18(26)25-16-8-5-7-15(12-16)20(21,22)23/h1,4-9,11-13,24H,10H2,2H3,(H,25,26). The molecule has 7 nitrogen and oxygen atoms in total. The fourth-order valence-corrected chi connectivity index (χ4v) is 3.29. The van der Waals surface area contributed by atoms with E-state index in [9.17, 15) is 31.2 Å². The minimum atomic E-state index is -4.58. The van der Waals surface area contributed by atoms with Gasteiger partial charge in [0, 0.05) is 5.69 Å². The summed E-state index contributed by atoms with van der Waals surface area (Å²) < 4.78 is 69.6. The molecule has 1 amide bonds. The highest BCUT2D eigenvalue weighted by atomic mass is 32.2. The summed E-state index contributed by atoms with van der Waals surface area (Å²) in [5.74, 6) is 0.245. The molecule has 1 atom stereocenters. The average molecular weight is 454 g/mol. The summed E-state index contributed by atoms with van der Waals surface area (Å²) in [6.45, 7) is 0.972. The van der Waals surface area contributed by atoms with Gasteiger partial charge in [-0.1, -0.05) is 18.1 Å². The Bertz CT molecular complexity index is 1120. The fourth-order valence-electron chi connectivity index (χ4n) is 2.31. The SMILES string of the molecule is C#CCNS(=O)(=O)c1cccc(C(=O)OC(C)C(=O)Nc2cccc(C(F)(F)F)c2)c1. The molecule has 0 aromatic heterocycles. The molecular formula is C20H17F3N2O5S. The number of sulfonamides is 1. The average Bonchev–Trinajstić information content (AvgIpc) is 2.72. The number of nitrogens with one attached hydrogen (secondary N) is 2. The van der Waals surface area contributed by atoms with Crippen LogP contribution in [0.5, 0.6) is 0 Å². The van der Waals surface area contributed by atoms with Gasteiger partial charge >= 0.3 is 12.1 Å². The second kappa shape index (κ2) is 9.63.